The minimum atomic E-state index is -0.558. The molecule has 0 saturated heterocycles. The molecule has 0 bridgehead atoms. The third kappa shape index (κ3) is 3.14. The van der Waals surface area contributed by atoms with Crippen LogP contribution in [0.1, 0.15) is 0 Å². The predicted molar refractivity (Wildman–Crippen MR) is 79.6 cm³/mol. The average Bonchev–Trinajstić information content (AvgIpc) is 2.89. The minimum Gasteiger partial charge on any atom is -0.453 e. The number of methoxy groups -OCH3 is 1. The number of hydrogen-bond acceptors (Lipinski definition) is 5. The highest BCUT2D eigenvalue weighted by molar-refractivity contribution is 7.99. The quantitative estimate of drug-likeness (QED) is 0.805. The second-order valence-electron chi connectivity index (χ2n) is 4.13. The largest absolute Gasteiger partial charge is 0.453 e. The van der Waals surface area contributed by atoms with Gasteiger partial charge in [0, 0.05) is 4.90 Å². The number of benzene rings is 1. The first-order chi connectivity index (χ1) is 10.2. The van der Waals surface area contributed by atoms with Crippen molar-refractivity contribution in [2.24, 2.45) is 0 Å². The van der Waals surface area contributed by atoms with Crippen LogP contribution in [-0.2, 0) is 4.74 Å². The van der Waals surface area contributed by atoms with Crippen LogP contribution in [0.5, 0.6) is 0 Å². The molecule has 1 N–H and O–H groups in total. The van der Waals surface area contributed by atoms with E-state index in [4.69, 9.17) is 0 Å². The second kappa shape index (κ2) is 5.84. The van der Waals surface area contributed by atoms with Gasteiger partial charge in [-0.1, -0.05) is 30.0 Å². The molecule has 0 atom stereocenters. The van der Waals surface area contributed by atoms with Gasteiger partial charge >= 0.3 is 6.09 Å². The predicted octanol–water partition coefficient (Wildman–Crippen LogP) is 3.06. The number of rotatable bonds is 3. The molecule has 0 aliphatic rings. The van der Waals surface area contributed by atoms with Crippen LogP contribution in [0.15, 0.2) is 58.6 Å². The molecule has 0 spiro atoms. The van der Waals surface area contributed by atoms with E-state index in [1.807, 2.05) is 42.5 Å². The molecule has 1 aromatic carbocycles. The summed E-state index contributed by atoms with van der Waals surface area (Å²) in [6, 6.07) is 13.7. The molecule has 21 heavy (non-hydrogen) atoms. The summed E-state index contributed by atoms with van der Waals surface area (Å²) < 4.78 is 6.15. The third-order valence-electron chi connectivity index (χ3n) is 2.68. The van der Waals surface area contributed by atoms with E-state index >= 15 is 0 Å². The lowest BCUT2D eigenvalue weighted by molar-refractivity contribution is 0.187. The molecule has 6 nitrogen and oxygen atoms in total. The van der Waals surface area contributed by atoms with Crippen molar-refractivity contribution < 1.29 is 9.53 Å². The molecule has 7 heteroatoms. The summed E-state index contributed by atoms with van der Waals surface area (Å²) in [4.78, 5) is 16.5. The maximum absolute atomic E-state index is 11.2. The van der Waals surface area contributed by atoms with Crippen LogP contribution in [0, 0.1) is 0 Å². The first-order valence-electron chi connectivity index (χ1n) is 6.19. The Balaban J connectivity index is 1.84. The van der Waals surface area contributed by atoms with Crippen LogP contribution in [0.2, 0.25) is 0 Å². The lowest BCUT2D eigenvalue weighted by Gasteiger charge is -2.00. The fraction of sp³-hybridized carbons (Fsp3) is 0.0714. The number of fused-ring (bicyclic) bond motifs is 1. The SMILES string of the molecule is COC(=O)Nc1cn2nc(Sc3ccccc3)ccc2n1. The molecule has 0 fully saturated rings. The van der Waals surface area contributed by atoms with Crippen molar-refractivity contribution >= 4 is 29.3 Å². The van der Waals surface area contributed by atoms with Gasteiger partial charge < -0.3 is 4.74 Å². The standard InChI is InChI=1S/C14H12N4O2S/c1-20-14(19)16-11-9-18-12(15-11)7-8-13(17-18)21-10-5-3-2-4-6-10/h2-9H,1H3,(H,16,19). The number of ether oxygens (including phenoxy) is 1. The molecule has 0 radical (unpaired) electrons. The van der Waals surface area contributed by atoms with Crippen molar-refractivity contribution in [2.75, 3.05) is 12.4 Å². The van der Waals surface area contributed by atoms with Gasteiger partial charge in [0.05, 0.1) is 13.3 Å². The molecule has 2 heterocycles. The van der Waals surface area contributed by atoms with Crippen molar-refractivity contribution in [3.05, 3.63) is 48.7 Å². The first-order valence-corrected chi connectivity index (χ1v) is 7.00. The molecule has 0 unspecified atom stereocenters. The zero-order chi connectivity index (χ0) is 14.7. The zero-order valence-corrected chi connectivity index (χ0v) is 12.0. The van der Waals surface area contributed by atoms with Gasteiger partial charge in [-0.25, -0.2) is 14.3 Å². The topological polar surface area (TPSA) is 68.5 Å². The Morgan fingerprint density at radius 1 is 1.24 bits per heavy atom. The first kappa shape index (κ1) is 13.4. The van der Waals surface area contributed by atoms with E-state index in [0.717, 1.165) is 9.92 Å². The van der Waals surface area contributed by atoms with E-state index in [1.54, 1.807) is 22.5 Å². The highest BCUT2D eigenvalue weighted by Gasteiger charge is 2.07. The van der Waals surface area contributed by atoms with Crippen molar-refractivity contribution in [2.45, 2.75) is 9.92 Å². The number of carbonyl (C=O) groups excluding carboxylic acids is 1. The Hall–Kier alpha value is -2.54. The van der Waals surface area contributed by atoms with Gasteiger partial charge in [-0.05, 0) is 24.3 Å². The van der Waals surface area contributed by atoms with Gasteiger partial charge in [-0.15, -0.1) is 0 Å². The van der Waals surface area contributed by atoms with Crippen molar-refractivity contribution in [3.8, 4) is 0 Å². The number of amides is 1. The lowest BCUT2D eigenvalue weighted by atomic mass is 10.4. The van der Waals surface area contributed by atoms with E-state index in [1.165, 1.54) is 7.11 Å². The number of hydrogen-bond donors (Lipinski definition) is 1. The highest BCUT2D eigenvalue weighted by atomic mass is 32.2. The number of nitrogens with one attached hydrogen (secondary N) is 1. The minimum absolute atomic E-state index is 0.399. The Morgan fingerprint density at radius 3 is 2.81 bits per heavy atom. The van der Waals surface area contributed by atoms with E-state index in [2.05, 4.69) is 20.1 Å². The van der Waals surface area contributed by atoms with E-state index in [-0.39, 0.29) is 0 Å². The van der Waals surface area contributed by atoms with E-state index in [0.29, 0.717) is 11.5 Å². The lowest BCUT2D eigenvalue weighted by Crippen LogP contribution is -2.10. The summed E-state index contributed by atoms with van der Waals surface area (Å²) in [5.74, 6) is 0.399. The normalized spacial score (nSPS) is 10.5. The van der Waals surface area contributed by atoms with Crippen LogP contribution in [0.25, 0.3) is 5.65 Å². The Kier molecular flexibility index (Phi) is 3.74. The van der Waals surface area contributed by atoms with Crippen LogP contribution in [0.3, 0.4) is 0 Å². The van der Waals surface area contributed by atoms with Crippen molar-refractivity contribution in [3.63, 3.8) is 0 Å². The average molecular weight is 300 g/mol. The third-order valence-corrected chi connectivity index (χ3v) is 3.61. The summed E-state index contributed by atoms with van der Waals surface area (Å²) in [6.45, 7) is 0. The molecular formula is C14H12N4O2S. The van der Waals surface area contributed by atoms with Gasteiger partial charge in [-0.3, -0.25) is 5.32 Å². The number of anilines is 1. The summed E-state index contributed by atoms with van der Waals surface area (Å²) >= 11 is 1.56. The molecule has 0 aliphatic heterocycles. The van der Waals surface area contributed by atoms with Crippen LogP contribution in [-0.4, -0.2) is 27.8 Å². The monoisotopic (exact) mass is 300 g/mol. The summed E-state index contributed by atoms with van der Waals surface area (Å²) in [7, 11) is 1.30. The van der Waals surface area contributed by atoms with Gasteiger partial charge in [0.2, 0.25) is 0 Å². The highest BCUT2D eigenvalue weighted by Crippen LogP contribution is 2.25. The Bertz CT molecular complexity index is 773. The summed E-state index contributed by atoms with van der Waals surface area (Å²) in [6.07, 6.45) is 1.08. The molecule has 106 valence electrons. The zero-order valence-electron chi connectivity index (χ0n) is 11.2. The fourth-order valence-electron chi connectivity index (χ4n) is 1.74. The Labute approximate surface area is 125 Å². The maximum Gasteiger partial charge on any atom is 0.412 e. The number of aromatic nitrogens is 3. The Morgan fingerprint density at radius 2 is 2.05 bits per heavy atom. The van der Waals surface area contributed by atoms with E-state index < -0.39 is 6.09 Å². The molecule has 3 aromatic rings. The molecule has 3 rings (SSSR count). The molecule has 0 saturated carbocycles. The molecule has 0 aliphatic carbocycles. The van der Waals surface area contributed by atoms with Crippen LogP contribution in [0.4, 0.5) is 10.6 Å². The number of imidazole rings is 1. The second-order valence-corrected chi connectivity index (χ2v) is 5.23. The van der Waals surface area contributed by atoms with E-state index in [9.17, 15) is 4.79 Å². The number of carbonyl (C=O) groups is 1. The van der Waals surface area contributed by atoms with Gasteiger partial charge in [0.25, 0.3) is 0 Å². The molecule has 1 amide bonds. The number of nitrogens with zero attached hydrogens (tertiary/aromatic N) is 3. The molecular weight excluding hydrogens is 288 g/mol. The van der Waals surface area contributed by atoms with Crippen LogP contribution < -0.4 is 5.32 Å². The summed E-state index contributed by atoms with van der Waals surface area (Å²) in [5, 5.41) is 7.80. The fourth-order valence-corrected chi connectivity index (χ4v) is 2.54. The van der Waals surface area contributed by atoms with Crippen molar-refractivity contribution in [1.82, 2.24) is 14.6 Å². The summed E-state index contributed by atoms with van der Waals surface area (Å²) in [5.41, 5.74) is 0.652. The van der Waals surface area contributed by atoms with Gasteiger partial charge in [0.15, 0.2) is 11.5 Å². The van der Waals surface area contributed by atoms with Crippen LogP contribution >= 0.6 is 11.8 Å². The maximum atomic E-state index is 11.2. The van der Waals surface area contributed by atoms with Crippen molar-refractivity contribution in [1.29, 1.82) is 0 Å². The smallest absolute Gasteiger partial charge is 0.412 e. The van der Waals surface area contributed by atoms with Gasteiger partial charge in [-0.2, -0.15) is 5.10 Å². The van der Waals surface area contributed by atoms with Gasteiger partial charge in [0.1, 0.15) is 5.03 Å². The molecule has 2 aromatic heterocycles.